The molecule has 1 aromatic carbocycles. The largest absolute Gasteiger partial charge is 0.352 e. The van der Waals surface area contributed by atoms with E-state index in [9.17, 15) is 4.79 Å². The monoisotopic (exact) mass is 356 g/mol. The van der Waals surface area contributed by atoms with Gasteiger partial charge in [0.25, 0.3) is 0 Å². The number of hydrogen-bond acceptors (Lipinski definition) is 3. The van der Waals surface area contributed by atoms with Gasteiger partial charge in [0.1, 0.15) is 0 Å². The highest BCUT2D eigenvalue weighted by Gasteiger charge is 2.23. The Kier molecular flexibility index (Phi) is 6.27. The minimum atomic E-state index is -0.227. The minimum absolute atomic E-state index is 0.0488. The van der Waals surface area contributed by atoms with Crippen LogP contribution in [0.5, 0.6) is 0 Å². The second kappa shape index (κ2) is 8.63. The van der Waals surface area contributed by atoms with Gasteiger partial charge in [0, 0.05) is 10.9 Å². The summed E-state index contributed by atoms with van der Waals surface area (Å²) >= 11 is 1.73. The molecule has 1 amide bonds. The number of nitrogens with one attached hydrogen (secondary N) is 2. The molecular formula is C21H28N2OS. The Bertz CT molecular complexity index is 660. The van der Waals surface area contributed by atoms with Gasteiger partial charge in [0.2, 0.25) is 5.91 Å². The summed E-state index contributed by atoms with van der Waals surface area (Å²) in [5.41, 5.74) is 2.45. The second-order valence-electron chi connectivity index (χ2n) is 7.09. The highest BCUT2D eigenvalue weighted by molar-refractivity contribution is 7.10. The van der Waals surface area contributed by atoms with E-state index in [1.165, 1.54) is 35.3 Å². The zero-order valence-electron chi connectivity index (χ0n) is 15.1. The van der Waals surface area contributed by atoms with Crippen LogP contribution in [-0.2, 0) is 4.79 Å². The van der Waals surface area contributed by atoms with Gasteiger partial charge in [-0.15, -0.1) is 11.3 Å². The van der Waals surface area contributed by atoms with Crippen LogP contribution >= 0.6 is 11.3 Å². The number of rotatable bonds is 6. The number of carbonyl (C=O) groups is 1. The summed E-state index contributed by atoms with van der Waals surface area (Å²) in [4.78, 5) is 13.9. The molecule has 3 nitrogen and oxygen atoms in total. The van der Waals surface area contributed by atoms with Crippen molar-refractivity contribution in [3.8, 4) is 0 Å². The molecule has 4 heteroatoms. The fourth-order valence-electron chi connectivity index (χ4n) is 3.46. The maximum atomic E-state index is 12.6. The molecular weight excluding hydrogens is 328 g/mol. The van der Waals surface area contributed by atoms with Crippen molar-refractivity contribution in [1.29, 1.82) is 0 Å². The lowest BCUT2D eigenvalue weighted by atomic mass is 9.95. The van der Waals surface area contributed by atoms with Crippen LogP contribution in [0.25, 0.3) is 0 Å². The van der Waals surface area contributed by atoms with Crippen molar-refractivity contribution in [1.82, 2.24) is 10.6 Å². The van der Waals surface area contributed by atoms with E-state index in [1.807, 2.05) is 6.92 Å². The molecule has 3 rings (SSSR count). The molecule has 0 bridgehead atoms. The minimum Gasteiger partial charge on any atom is -0.352 e. The van der Waals surface area contributed by atoms with Crippen molar-refractivity contribution in [2.75, 3.05) is 0 Å². The van der Waals surface area contributed by atoms with E-state index < -0.39 is 0 Å². The first-order chi connectivity index (χ1) is 12.1. The Morgan fingerprint density at radius 2 is 1.84 bits per heavy atom. The maximum Gasteiger partial charge on any atom is 0.237 e. The van der Waals surface area contributed by atoms with Crippen molar-refractivity contribution >= 4 is 17.2 Å². The summed E-state index contributed by atoms with van der Waals surface area (Å²) in [5.74, 6) is 0.112. The molecule has 1 aliphatic rings. The Morgan fingerprint density at radius 1 is 1.12 bits per heavy atom. The molecule has 1 fully saturated rings. The average Bonchev–Trinajstić information content (AvgIpc) is 3.15. The van der Waals surface area contributed by atoms with E-state index >= 15 is 0 Å². The van der Waals surface area contributed by atoms with Crippen molar-refractivity contribution in [2.45, 2.75) is 64.1 Å². The molecule has 1 saturated carbocycles. The molecule has 0 saturated heterocycles. The summed E-state index contributed by atoms with van der Waals surface area (Å²) in [5, 5.41) is 8.86. The number of thiophene rings is 1. The van der Waals surface area contributed by atoms with Gasteiger partial charge in [-0.05, 0) is 43.7 Å². The third-order valence-corrected chi connectivity index (χ3v) is 5.94. The Hall–Kier alpha value is -1.65. The van der Waals surface area contributed by atoms with Gasteiger partial charge in [0.15, 0.2) is 0 Å². The van der Waals surface area contributed by atoms with Gasteiger partial charge >= 0.3 is 0 Å². The summed E-state index contributed by atoms with van der Waals surface area (Å²) in [6.45, 7) is 4.06. The van der Waals surface area contributed by atoms with Crippen molar-refractivity contribution in [2.24, 2.45) is 0 Å². The highest BCUT2D eigenvalue weighted by Crippen LogP contribution is 2.27. The van der Waals surface area contributed by atoms with Crippen molar-refractivity contribution in [3.05, 3.63) is 57.8 Å². The lowest BCUT2D eigenvalue weighted by molar-refractivity contribution is -0.123. The van der Waals surface area contributed by atoms with Crippen LogP contribution in [0.15, 0.2) is 41.8 Å². The van der Waals surface area contributed by atoms with Gasteiger partial charge in [-0.1, -0.05) is 55.2 Å². The fraction of sp³-hybridized carbons (Fsp3) is 0.476. The summed E-state index contributed by atoms with van der Waals surface area (Å²) in [7, 11) is 0. The predicted molar refractivity (Wildman–Crippen MR) is 105 cm³/mol. The van der Waals surface area contributed by atoms with E-state index in [1.54, 1.807) is 11.3 Å². The predicted octanol–water partition coefficient (Wildman–Crippen LogP) is 4.57. The second-order valence-corrected chi connectivity index (χ2v) is 8.07. The molecule has 0 aliphatic heterocycles. The molecule has 0 spiro atoms. The zero-order valence-corrected chi connectivity index (χ0v) is 15.9. The number of benzene rings is 1. The van der Waals surface area contributed by atoms with E-state index in [0.717, 1.165) is 12.8 Å². The third kappa shape index (κ3) is 4.93. The van der Waals surface area contributed by atoms with Crippen molar-refractivity contribution in [3.63, 3.8) is 0 Å². The average molecular weight is 357 g/mol. The summed E-state index contributed by atoms with van der Waals surface area (Å²) in [6.07, 6.45) is 5.99. The van der Waals surface area contributed by atoms with Crippen LogP contribution in [0.1, 0.15) is 61.1 Å². The zero-order chi connectivity index (χ0) is 17.6. The Balaban J connectivity index is 1.69. The van der Waals surface area contributed by atoms with E-state index in [0.29, 0.717) is 6.04 Å². The summed E-state index contributed by atoms with van der Waals surface area (Å²) in [6, 6.07) is 12.9. The quantitative estimate of drug-likeness (QED) is 0.796. The number of aryl methyl sites for hydroxylation is 1. The topological polar surface area (TPSA) is 41.1 Å². The molecule has 1 aliphatic carbocycles. The Labute approximate surface area is 154 Å². The van der Waals surface area contributed by atoms with Gasteiger partial charge in [0.05, 0.1) is 12.1 Å². The van der Waals surface area contributed by atoms with Crippen LogP contribution in [0.3, 0.4) is 0 Å². The van der Waals surface area contributed by atoms with Crippen LogP contribution in [-0.4, -0.2) is 18.0 Å². The lowest BCUT2D eigenvalue weighted by Gasteiger charge is -2.27. The Morgan fingerprint density at radius 3 is 2.48 bits per heavy atom. The summed E-state index contributed by atoms with van der Waals surface area (Å²) < 4.78 is 0. The first-order valence-corrected chi connectivity index (χ1v) is 10.2. The molecule has 1 heterocycles. The molecule has 2 atom stereocenters. The third-order valence-electron chi connectivity index (χ3n) is 5.00. The SMILES string of the molecule is Cc1ccc([C@@H](N[C@@H](C)C(=O)NC2CCCCC2)c2cccs2)cc1. The van der Waals surface area contributed by atoms with E-state index in [4.69, 9.17) is 0 Å². The standard InChI is InChI=1S/C21H28N2OS/c1-15-10-12-17(13-11-15)20(19-9-6-14-25-19)22-16(2)21(24)23-18-7-4-3-5-8-18/h6,9-14,16,18,20,22H,3-5,7-8H2,1-2H3,(H,23,24)/t16-,20+/m0/s1. The van der Waals surface area contributed by atoms with Gasteiger partial charge in [-0.3, -0.25) is 10.1 Å². The number of hydrogen-bond donors (Lipinski definition) is 2. The molecule has 2 N–H and O–H groups in total. The molecule has 134 valence electrons. The fourth-order valence-corrected chi connectivity index (χ4v) is 4.27. The normalized spacial score (nSPS) is 17.8. The van der Waals surface area contributed by atoms with Gasteiger partial charge in [-0.25, -0.2) is 0 Å². The number of carbonyl (C=O) groups excluding carboxylic acids is 1. The van der Waals surface area contributed by atoms with Gasteiger partial charge in [-0.2, -0.15) is 0 Å². The molecule has 0 radical (unpaired) electrons. The van der Waals surface area contributed by atoms with E-state index in [-0.39, 0.29) is 18.0 Å². The first-order valence-electron chi connectivity index (χ1n) is 9.30. The highest BCUT2D eigenvalue weighted by atomic mass is 32.1. The number of amides is 1. The lowest BCUT2D eigenvalue weighted by Crippen LogP contribution is -2.47. The van der Waals surface area contributed by atoms with Crippen LogP contribution < -0.4 is 10.6 Å². The van der Waals surface area contributed by atoms with Crippen LogP contribution in [0.4, 0.5) is 0 Å². The molecule has 0 unspecified atom stereocenters. The van der Waals surface area contributed by atoms with Crippen LogP contribution in [0, 0.1) is 6.92 Å². The first kappa shape index (κ1) is 18.2. The van der Waals surface area contributed by atoms with E-state index in [2.05, 4.69) is 59.3 Å². The molecule has 2 aromatic rings. The molecule has 25 heavy (non-hydrogen) atoms. The smallest absolute Gasteiger partial charge is 0.237 e. The van der Waals surface area contributed by atoms with Crippen molar-refractivity contribution < 1.29 is 4.79 Å². The molecule has 1 aromatic heterocycles. The van der Waals surface area contributed by atoms with Gasteiger partial charge < -0.3 is 5.32 Å². The van der Waals surface area contributed by atoms with Crippen LogP contribution in [0.2, 0.25) is 0 Å². The maximum absolute atomic E-state index is 12.6.